The van der Waals surface area contributed by atoms with Gasteiger partial charge in [-0.05, 0) is 38.1 Å². The Bertz CT molecular complexity index is 345. The Labute approximate surface area is 120 Å². The smallest absolute Gasteiger partial charge is 0.139 e. The molecule has 0 saturated carbocycles. The molecule has 0 amide bonds. The average molecular weight is 290 g/mol. The Morgan fingerprint density at radius 3 is 2.67 bits per heavy atom. The normalized spacial score (nSPS) is 10.6. The van der Waals surface area contributed by atoms with E-state index in [9.17, 15) is 0 Å². The highest BCUT2D eigenvalue weighted by atomic mass is 35.5. The summed E-state index contributed by atoms with van der Waals surface area (Å²) in [5.41, 5.74) is 0. The van der Waals surface area contributed by atoms with Gasteiger partial charge in [0.05, 0.1) is 11.6 Å². The van der Waals surface area contributed by atoms with Crippen molar-refractivity contribution in [3.8, 4) is 5.75 Å². The van der Waals surface area contributed by atoms with E-state index in [1.807, 2.05) is 0 Å². The van der Waals surface area contributed by atoms with Crippen molar-refractivity contribution in [2.24, 2.45) is 0 Å². The Hall–Kier alpha value is -0.440. The zero-order valence-corrected chi connectivity index (χ0v) is 12.4. The Morgan fingerprint density at radius 2 is 1.89 bits per heavy atom. The SMILES string of the molecule is CCNCCCCCCOc1cc(Cl)ccc1Cl. The number of benzene rings is 1. The van der Waals surface area contributed by atoms with Crippen molar-refractivity contribution in [1.82, 2.24) is 5.32 Å². The summed E-state index contributed by atoms with van der Waals surface area (Å²) in [7, 11) is 0. The molecule has 102 valence electrons. The number of nitrogens with one attached hydrogen (secondary N) is 1. The Balaban J connectivity index is 2.09. The molecule has 1 N–H and O–H groups in total. The lowest BCUT2D eigenvalue weighted by molar-refractivity contribution is 0.304. The first-order valence-electron chi connectivity index (χ1n) is 6.52. The van der Waals surface area contributed by atoms with Gasteiger partial charge in [0, 0.05) is 11.1 Å². The van der Waals surface area contributed by atoms with Crippen LogP contribution in [0.3, 0.4) is 0 Å². The second-order valence-corrected chi connectivity index (χ2v) is 5.03. The molecule has 0 aliphatic carbocycles. The monoisotopic (exact) mass is 289 g/mol. The lowest BCUT2D eigenvalue weighted by Gasteiger charge is -2.08. The summed E-state index contributed by atoms with van der Waals surface area (Å²) in [6.45, 7) is 4.98. The fourth-order valence-electron chi connectivity index (χ4n) is 1.65. The molecular weight excluding hydrogens is 269 g/mol. The lowest BCUT2D eigenvalue weighted by atomic mass is 10.2. The van der Waals surface area contributed by atoms with Gasteiger partial charge in [-0.2, -0.15) is 0 Å². The van der Waals surface area contributed by atoms with Gasteiger partial charge in [0.25, 0.3) is 0 Å². The summed E-state index contributed by atoms with van der Waals surface area (Å²) in [6, 6.07) is 5.28. The predicted molar refractivity (Wildman–Crippen MR) is 79.0 cm³/mol. The highest BCUT2D eigenvalue weighted by molar-refractivity contribution is 6.34. The van der Waals surface area contributed by atoms with Crippen LogP contribution in [0, 0.1) is 0 Å². The largest absolute Gasteiger partial charge is 0.492 e. The zero-order chi connectivity index (χ0) is 13.2. The maximum atomic E-state index is 6.00. The molecule has 2 nitrogen and oxygen atoms in total. The molecule has 1 aromatic carbocycles. The molecule has 1 aromatic rings. The van der Waals surface area contributed by atoms with Crippen molar-refractivity contribution in [2.45, 2.75) is 32.6 Å². The van der Waals surface area contributed by atoms with Crippen molar-refractivity contribution in [3.05, 3.63) is 28.2 Å². The van der Waals surface area contributed by atoms with Gasteiger partial charge in [-0.1, -0.05) is 43.0 Å². The van der Waals surface area contributed by atoms with Gasteiger partial charge in [0.1, 0.15) is 5.75 Å². The van der Waals surface area contributed by atoms with Crippen molar-refractivity contribution >= 4 is 23.2 Å². The molecule has 18 heavy (non-hydrogen) atoms. The van der Waals surface area contributed by atoms with Gasteiger partial charge in [-0.15, -0.1) is 0 Å². The molecule has 4 heteroatoms. The first-order valence-corrected chi connectivity index (χ1v) is 7.28. The first kappa shape index (κ1) is 15.6. The van der Waals surface area contributed by atoms with Crippen molar-refractivity contribution < 1.29 is 4.74 Å². The molecule has 0 atom stereocenters. The van der Waals surface area contributed by atoms with Gasteiger partial charge in [0.15, 0.2) is 0 Å². The third kappa shape index (κ3) is 6.48. The second-order valence-electron chi connectivity index (χ2n) is 4.19. The highest BCUT2D eigenvalue weighted by Crippen LogP contribution is 2.27. The molecule has 1 rings (SSSR count). The predicted octanol–water partition coefficient (Wildman–Crippen LogP) is 4.54. The van der Waals surface area contributed by atoms with Crippen LogP contribution in [0.4, 0.5) is 0 Å². The third-order valence-corrected chi connectivity index (χ3v) is 3.20. The van der Waals surface area contributed by atoms with Gasteiger partial charge >= 0.3 is 0 Å². The summed E-state index contributed by atoms with van der Waals surface area (Å²) >= 11 is 11.9. The molecule has 0 bridgehead atoms. The van der Waals surface area contributed by atoms with Crippen LogP contribution in [0.5, 0.6) is 5.75 Å². The second kappa shape index (κ2) is 9.48. The maximum absolute atomic E-state index is 6.00. The van der Waals surface area contributed by atoms with Crippen LogP contribution >= 0.6 is 23.2 Å². The van der Waals surface area contributed by atoms with Gasteiger partial charge < -0.3 is 10.1 Å². The number of ether oxygens (including phenoxy) is 1. The summed E-state index contributed by atoms with van der Waals surface area (Å²) in [5.74, 6) is 0.678. The van der Waals surface area contributed by atoms with E-state index < -0.39 is 0 Å². The number of halogens is 2. The number of hydrogen-bond donors (Lipinski definition) is 1. The third-order valence-electron chi connectivity index (χ3n) is 2.65. The van der Waals surface area contributed by atoms with E-state index in [0.29, 0.717) is 22.4 Å². The maximum Gasteiger partial charge on any atom is 0.139 e. The fraction of sp³-hybridized carbons (Fsp3) is 0.571. The van der Waals surface area contributed by atoms with E-state index in [0.717, 1.165) is 19.5 Å². The van der Waals surface area contributed by atoms with Crippen LogP contribution in [0.2, 0.25) is 10.0 Å². The van der Waals surface area contributed by atoms with Crippen molar-refractivity contribution in [2.75, 3.05) is 19.7 Å². The summed E-state index contributed by atoms with van der Waals surface area (Å²) in [4.78, 5) is 0. The summed E-state index contributed by atoms with van der Waals surface area (Å²) in [6.07, 6.45) is 4.70. The molecule has 0 aliphatic heterocycles. The molecule has 0 unspecified atom stereocenters. The van der Waals surface area contributed by atoms with Gasteiger partial charge in [-0.25, -0.2) is 0 Å². The summed E-state index contributed by atoms with van der Waals surface area (Å²) in [5, 5.41) is 4.59. The molecule has 0 spiro atoms. The minimum atomic E-state index is 0.617. The van der Waals surface area contributed by atoms with Crippen LogP contribution in [-0.2, 0) is 0 Å². The van der Waals surface area contributed by atoms with E-state index >= 15 is 0 Å². The minimum Gasteiger partial charge on any atom is -0.492 e. The van der Waals surface area contributed by atoms with Crippen LogP contribution < -0.4 is 10.1 Å². The zero-order valence-electron chi connectivity index (χ0n) is 10.8. The van der Waals surface area contributed by atoms with Crippen LogP contribution in [0.25, 0.3) is 0 Å². The molecular formula is C14H21Cl2NO. The minimum absolute atomic E-state index is 0.617. The fourth-order valence-corrected chi connectivity index (χ4v) is 1.99. The quantitative estimate of drug-likeness (QED) is 0.674. The standard InChI is InChI=1S/C14H21Cl2NO/c1-2-17-9-5-3-4-6-10-18-14-11-12(15)7-8-13(14)16/h7-8,11,17H,2-6,9-10H2,1H3. The highest BCUT2D eigenvalue weighted by Gasteiger charge is 2.01. The molecule has 0 aliphatic rings. The van der Waals surface area contributed by atoms with E-state index in [1.165, 1.54) is 19.3 Å². The van der Waals surface area contributed by atoms with Gasteiger partial charge in [0.2, 0.25) is 0 Å². The molecule has 0 heterocycles. The van der Waals surface area contributed by atoms with Crippen LogP contribution in [-0.4, -0.2) is 19.7 Å². The van der Waals surface area contributed by atoms with E-state index in [4.69, 9.17) is 27.9 Å². The van der Waals surface area contributed by atoms with Crippen molar-refractivity contribution in [1.29, 1.82) is 0 Å². The van der Waals surface area contributed by atoms with Crippen LogP contribution in [0.1, 0.15) is 32.6 Å². The summed E-state index contributed by atoms with van der Waals surface area (Å²) < 4.78 is 5.61. The van der Waals surface area contributed by atoms with Gasteiger partial charge in [-0.3, -0.25) is 0 Å². The topological polar surface area (TPSA) is 21.3 Å². The van der Waals surface area contributed by atoms with Crippen LogP contribution in [0.15, 0.2) is 18.2 Å². The molecule has 0 radical (unpaired) electrons. The number of hydrogen-bond acceptors (Lipinski definition) is 2. The number of rotatable bonds is 9. The first-order chi connectivity index (χ1) is 8.74. The molecule has 0 aromatic heterocycles. The van der Waals surface area contributed by atoms with E-state index in [-0.39, 0.29) is 0 Å². The number of unbranched alkanes of at least 4 members (excludes halogenated alkanes) is 3. The Kier molecular flexibility index (Phi) is 8.23. The Morgan fingerprint density at radius 1 is 1.11 bits per heavy atom. The molecule has 0 saturated heterocycles. The lowest BCUT2D eigenvalue weighted by Crippen LogP contribution is -2.13. The average Bonchev–Trinajstić information content (AvgIpc) is 2.36. The van der Waals surface area contributed by atoms with E-state index in [1.54, 1.807) is 18.2 Å². The van der Waals surface area contributed by atoms with Crippen molar-refractivity contribution in [3.63, 3.8) is 0 Å². The van der Waals surface area contributed by atoms with E-state index in [2.05, 4.69) is 12.2 Å². The molecule has 0 fully saturated rings.